The molecule has 2 aromatic rings. The molecule has 2 aromatic heterocycles. The summed E-state index contributed by atoms with van der Waals surface area (Å²) in [6, 6.07) is 7.93. The first-order valence-electron chi connectivity index (χ1n) is 6.71. The highest BCUT2D eigenvalue weighted by Gasteiger charge is 2.49. The third-order valence-corrected chi connectivity index (χ3v) is 5.31. The second kappa shape index (κ2) is 5.99. The van der Waals surface area contributed by atoms with Crippen LogP contribution in [0, 0.1) is 11.8 Å². The van der Waals surface area contributed by atoms with Crippen molar-refractivity contribution < 1.29 is 14.7 Å². The largest absolute Gasteiger partial charge is 0.481 e. The van der Waals surface area contributed by atoms with Crippen molar-refractivity contribution in [2.45, 2.75) is 19.5 Å². The highest BCUT2D eigenvalue weighted by molar-refractivity contribution is 7.10. The quantitative estimate of drug-likeness (QED) is 0.889. The van der Waals surface area contributed by atoms with Crippen molar-refractivity contribution in [3.8, 4) is 0 Å². The average Bonchev–Trinajstić information content (AvgIpc) is 2.85. The Morgan fingerprint density at radius 2 is 1.67 bits per heavy atom. The first-order chi connectivity index (χ1) is 10.1. The van der Waals surface area contributed by atoms with Crippen LogP contribution < -0.4 is 0 Å². The van der Waals surface area contributed by atoms with Crippen molar-refractivity contribution in [1.82, 2.24) is 4.90 Å². The van der Waals surface area contributed by atoms with E-state index in [4.69, 9.17) is 5.11 Å². The Kier molecular flexibility index (Phi) is 4.07. The van der Waals surface area contributed by atoms with Gasteiger partial charge in [0.1, 0.15) is 0 Å². The highest BCUT2D eigenvalue weighted by atomic mass is 32.1. The van der Waals surface area contributed by atoms with Crippen LogP contribution in [-0.4, -0.2) is 21.9 Å². The van der Waals surface area contributed by atoms with Crippen LogP contribution in [0.15, 0.2) is 35.0 Å². The van der Waals surface area contributed by atoms with Crippen LogP contribution in [0.3, 0.4) is 0 Å². The number of thiophene rings is 2. The molecule has 0 unspecified atom stereocenters. The lowest BCUT2D eigenvalue weighted by molar-refractivity contribution is -0.142. The van der Waals surface area contributed by atoms with Gasteiger partial charge >= 0.3 is 5.97 Å². The fraction of sp³-hybridized carbons (Fsp3) is 0.333. The zero-order valence-electron chi connectivity index (χ0n) is 11.3. The maximum atomic E-state index is 12.5. The molecule has 0 radical (unpaired) electrons. The molecule has 1 aliphatic rings. The number of hydrogen-bond donors (Lipinski definition) is 1. The summed E-state index contributed by atoms with van der Waals surface area (Å²) in [6.07, 6.45) is 0.472. The topological polar surface area (TPSA) is 57.6 Å². The van der Waals surface area contributed by atoms with Crippen LogP contribution in [0.2, 0.25) is 0 Å². The Hall–Kier alpha value is -1.66. The van der Waals surface area contributed by atoms with Crippen LogP contribution in [0.1, 0.15) is 16.2 Å². The van der Waals surface area contributed by atoms with Gasteiger partial charge in [-0.25, -0.2) is 0 Å². The molecule has 0 bridgehead atoms. The molecule has 0 aromatic carbocycles. The van der Waals surface area contributed by atoms with E-state index in [1.54, 1.807) is 27.6 Å². The van der Waals surface area contributed by atoms with Gasteiger partial charge in [0.25, 0.3) is 0 Å². The molecule has 1 aliphatic carbocycles. The predicted molar refractivity (Wildman–Crippen MR) is 82.1 cm³/mol. The highest BCUT2D eigenvalue weighted by Crippen LogP contribution is 2.40. The van der Waals surface area contributed by atoms with Crippen molar-refractivity contribution in [2.24, 2.45) is 11.8 Å². The average molecular weight is 321 g/mol. The molecule has 0 aliphatic heterocycles. The first kappa shape index (κ1) is 14.3. The van der Waals surface area contributed by atoms with Crippen molar-refractivity contribution in [2.75, 3.05) is 0 Å². The van der Waals surface area contributed by atoms with Crippen molar-refractivity contribution >= 4 is 34.6 Å². The Balaban J connectivity index is 1.72. The second-order valence-electron chi connectivity index (χ2n) is 5.14. The third kappa shape index (κ3) is 3.33. The molecule has 0 spiro atoms. The first-order valence-corrected chi connectivity index (χ1v) is 8.47. The SMILES string of the molecule is O=C(O)[C@H]1C[C@H]1C(=O)N(Cc1cccs1)Cc1cccs1. The molecule has 1 fully saturated rings. The van der Waals surface area contributed by atoms with Gasteiger partial charge in [-0.05, 0) is 29.3 Å². The standard InChI is InChI=1S/C15H15NO3S2/c17-14(12-7-13(12)15(18)19)16(8-10-3-1-5-20-10)9-11-4-2-6-21-11/h1-6,12-13H,7-9H2,(H,18,19)/t12-,13+/m1/s1. The number of rotatable bonds is 6. The smallest absolute Gasteiger partial charge is 0.307 e. The molecule has 4 nitrogen and oxygen atoms in total. The summed E-state index contributed by atoms with van der Waals surface area (Å²) in [6.45, 7) is 1.11. The maximum Gasteiger partial charge on any atom is 0.307 e. The van der Waals surface area contributed by atoms with Gasteiger partial charge in [0.05, 0.1) is 24.9 Å². The van der Waals surface area contributed by atoms with Gasteiger partial charge in [0, 0.05) is 9.75 Å². The van der Waals surface area contributed by atoms with Crippen molar-refractivity contribution in [1.29, 1.82) is 0 Å². The summed E-state index contributed by atoms with van der Waals surface area (Å²) in [5.41, 5.74) is 0. The fourth-order valence-corrected chi connectivity index (χ4v) is 3.81. The molecule has 21 heavy (non-hydrogen) atoms. The maximum absolute atomic E-state index is 12.5. The van der Waals surface area contributed by atoms with E-state index in [-0.39, 0.29) is 11.8 Å². The molecule has 2 heterocycles. The Bertz CT molecular complexity index is 585. The number of hydrogen-bond acceptors (Lipinski definition) is 4. The van der Waals surface area contributed by atoms with E-state index < -0.39 is 11.9 Å². The summed E-state index contributed by atoms with van der Waals surface area (Å²) in [7, 11) is 0. The van der Waals surface area contributed by atoms with Crippen molar-refractivity contribution in [3.63, 3.8) is 0 Å². The minimum Gasteiger partial charge on any atom is -0.481 e. The van der Waals surface area contributed by atoms with Crippen LogP contribution >= 0.6 is 22.7 Å². The van der Waals surface area contributed by atoms with Gasteiger partial charge in [-0.15, -0.1) is 22.7 Å². The van der Waals surface area contributed by atoms with E-state index in [1.165, 1.54) is 0 Å². The van der Waals surface area contributed by atoms with E-state index in [9.17, 15) is 9.59 Å². The van der Waals surface area contributed by atoms with Crippen molar-refractivity contribution in [3.05, 3.63) is 44.8 Å². The van der Waals surface area contributed by atoms with E-state index in [0.717, 1.165) is 9.75 Å². The number of carboxylic acid groups (broad SMARTS) is 1. The Labute approximate surface area is 130 Å². The van der Waals surface area contributed by atoms with Gasteiger partial charge in [-0.2, -0.15) is 0 Å². The minimum atomic E-state index is -0.861. The monoisotopic (exact) mass is 321 g/mol. The van der Waals surface area contributed by atoms with Gasteiger partial charge in [0.2, 0.25) is 5.91 Å². The molecular weight excluding hydrogens is 306 g/mol. The second-order valence-corrected chi connectivity index (χ2v) is 7.20. The van der Waals surface area contributed by atoms with Crippen LogP contribution in [0.5, 0.6) is 0 Å². The number of aliphatic carboxylic acids is 1. The van der Waals surface area contributed by atoms with E-state index in [0.29, 0.717) is 19.5 Å². The van der Waals surface area contributed by atoms with Gasteiger partial charge in [-0.1, -0.05) is 12.1 Å². The zero-order chi connectivity index (χ0) is 14.8. The molecule has 1 N–H and O–H groups in total. The van der Waals surface area contributed by atoms with Crippen LogP contribution in [-0.2, 0) is 22.7 Å². The lowest BCUT2D eigenvalue weighted by Gasteiger charge is -2.21. The van der Waals surface area contributed by atoms with Gasteiger partial charge in [0.15, 0.2) is 0 Å². The fourth-order valence-electron chi connectivity index (χ4n) is 2.37. The predicted octanol–water partition coefficient (Wildman–Crippen LogP) is 3.06. The molecular formula is C15H15NO3S2. The lowest BCUT2D eigenvalue weighted by Crippen LogP contribution is -2.31. The third-order valence-electron chi connectivity index (χ3n) is 3.59. The summed E-state index contributed by atoms with van der Waals surface area (Å²) in [5.74, 6) is -1.74. The number of nitrogens with zero attached hydrogens (tertiary/aromatic N) is 1. The number of carbonyl (C=O) groups is 2. The van der Waals surface area contributed by atoms with Gasteiger partial charge in [-0.3, -0.25) is 9.59 Å². The van der Waals surface area contributed by atoms with Crippen LogP contribution in [0.4, 0.5) is 0 Å². The summed E-state index contributed by atoms with van der Waals surface area (Å²) >= 11 is 3.23. The summed E-state index contributed by atoms with van der Waals surface area (Å²) < 4.78 is 0. The molecule has 3 rings (SSSR count). The van der Waals surface area contributed by atoms with Gasteiger partial charge < -0.3 is 10.0 Å². The lowest BCUT2D eigenvalue weighted by atomic mass is 10.2. The number of amides is 1. The molecule has 0 saturated heterocycles. The van der Waals surface area contributed by atoms with Crippen LogP contribution in [0.25, 0.3) is 0 Å². The molecule has 2 atom stereocenters. The molecule has 110 valence electrons. The number of carboxylic acids is 1. The van der Waals surface area contributed by atoms with E-state index in [2.05, 4.69) is 0 Å². The van der Waals surface area contributed by atoms with E-state index in [1.807, 2.05) is 35.0 Å². The van der Waals surface area contributed by atoms with E-state index >= 15 is 0 Å². The molecule has 1 amide bonds. The minimum absolute atomic E-state index is 0.0378. The Morgan fingerprint density at radius 3 is 2.05 bits per heavy atom. The summed E-state index contributed by atoms with van der Waals surface area (Å²) in [5, 5.41) is 13.0. The Morgan fingerprint density at radius 1 is 1.10 bits per heavy atom. The number of carbonyl (C=O) groups excluding carboxylic acids is 1. The molecule has 1 saturated carbocycles. The molecule has 6 heteroatoms. The zero-order valence-corrected chi connectivity index (χ0v) is 12.9. The summed E-state index contributed by atoms with van der Waals surface area (Å²) in [4.78, 5) is 27.5. The normalized spacial score (nSPS) is 20.2.